The number of thiophene rings is 1. The Morgan fingerprint density at radius 2 is 2.41 bits per heavy atom. The van der Waals surface area contributed by atoms with E-state index in [4.69, 9.17) is 4.74 Å². The van der Waals surface area contributed by atoms with Gasteiger partial charge in [0.1, 0.15) is 0 Å². The number of aliphatic hydroxyl groups is 1. The van der Waals surface area contributed by atoms with Crippen molar-refractivity contribution >= 4 is 43.2 Å². The maximum atomic E-state index is 9.43. The highest BCUT2D eigenvalue weighted by Crippen LogP contribution is 2.35. The minimum atomic E-state index is -0.00759. The molecule has 17 heavy (non-hydrogen) atoms. The molecule has 2 atom stereocenters. The van der Waals surface area contributed by atoms with Gasteiger partial charge in [0.2, 0.25) is 0 Å². The average molecular weight is 385 g/mol. The molecule has 1 aliphatic rings. The standard InChI is InChI=1S/C11H15Br2NO2S/c12-8-4-10(17-11(8)13)9(6-15)14-5-7-2-1-3-16-7/h4,7,9,14-15H,1-3,5-6H2. The summed E-state index contributed by atoms with van der Waals surface area (Å²) in [6, 6.07) is 2.03. The molecule has 0 amide bonds. The monoisotopic (exact) mass is 383 g/mol. The molecular weight excluding hydrogens is 370 g/mol. The third-order valence-corrected chi connectivity index (χ3v) is 6.18. The van der Waals surface area contributed by atoms with Crippen LogP contribution in [0, 0.1) is 0 Å². The van der Waals surface area contributed by atoms with E-state index in [1.807, 2.05) is 6.07 Å². The van der Waals surface area contributed by atoms with Gasteiger partial charge in [-0.15, -0.1) is 11.3 Å². The van der Waals surface area contributed by atoms with E-state index in [9.17, 15) is 5.11 Å². The molecule has 2 rings (SSSR count). The van der Waals surface area contributed by atoms with Crippen LogP contribution in [0.15, 0.2) is 14.3 Å². The Morgan fingerprint density at radius 1 is 1.59 bits per heavy atom. The molecule has 1 aromatic rings. The molecule has 6 heteroatoms. The van der Waals surface area contributed by atoms with Gasteiger partial charge in [-0.25, -0.2) is 0 Å². The number of rotatable bonds is 5. The summed E-state index contributed by atoms with van der Waals surface area (Å²) in [7, 11) is 0. The lowest BCUT2D eigenvalue weighted by atomic mass is 10.2. The van der Waals surface area contributed by atoms with Gasteiger partial charge in [-0.3, -0.25) is 0 Å². The van der Waals surface area contributed by atoms with Crippen molar-refractivity contribution in [1.29, 1.82) is 0 Å². The Labute approximate surface area is 122 Å². The number of aliphatic hydroxyl groups excluding tert-OH is 1. The third kappa shape index (κ3) is 3.75. The first-order valence-corrected chi connectivity index (χ1v) is 8.01. The van der Waals surface area contributed by atoms with Crippen LogP contribution in [0.5, 0.6) is 0 Å². The van der Waals surface area contributed by atoms with Crippen LogP contribution in [0.2, 0.25) is 0 Å². The predicted octanol–water partition coefficient (Wildman–Crippen LogP) is 3.08. The molecule has 1 aliphatic heterocycles. The maximum Gasteiger partial charge on any atom is 0.0843 e. The van der Waals surface area contributed by atoms with Gasteiger partial charge in [0, 0.05) is 22.5 Å². The van der Waals surface area contributed by atoms with Crippen LogP contribution in [-0.4, -0.2) is 31.0 Å². The molecule has 1 aromatic heterocycles. The van der Waals surface area contributed by atoms with E-state index in [1.54, 1.807) is 11.3 Å². The van der Waals surface area contributed by atoms with E-state index in [2.05, 4.69) is 37.2 Å². The molecule has 2 unspecified atom stereocenters. The molecule has 3 nitrogen and oxygen atoms in total. The largest absolute Gasteiger partial charge is 0.394 e. The Kier molecular flexibility index (Phi) is 5.45. The molecule has 1 saturated heterocycles. The molecule has 0 spiro atoms. The van der Waals surface area contributed by atoms with Crippen molar-refractivity contribution in [1.82, 2.24) is 5.32 Å². The van der Waals surface area contributed by atoms with E-state index >= 15 is 0 Å². The number of hydrogen-bond donors (Lipinski definition) is 2. The zero-order chi connectivity index (χ0) is 12.3. The van der Waals surface area contributed by atoms with Gasteiger partial charge in [-0.2, -0.15) is 0 Å². The van der Waals surface area contributed by atoms with Gasteiger partial charge in [0.15, 0.2) is 0 Å². The summed E-state index contributed by atoms with van der Waals surface area (Å²) in [5.74, 6) is 0. The number of hydrogen-bond acceptors (Lipinski definition) is 4. The highest BCUT2D eigenvalue weighted by Gasteiger charge is 2.19. The van der Waals surface area contributed by atoms with Gasteiger partial charge in [-0.1, -0.05) is 0 Å². The highest BCUT2D eigenvalue weighted by atomic mass is 79.9. The van der Waals surface area contributed by atoms with Gasteiger partial charge >= 0.3 is 0 Å². The first-order valence-electron chi connectivity index (χ1n) is 5.61. The van der Waals surface area contributed by atoms with Gasteiger partial charge in [0.25, 0.3) is 0 Å². The van der Waals surface area contributed by atoms with Crippen LogP contribution < -0.4 is 5.32 Å². The normalized spacial score (nSPS) is 21.9. The van der Waals surface area contributed by atoms with Crippen molar-refractivity contribution < 1.29 is 9.84 Å². The van der Waals surface area contributed by atoms with Crippen molar-refractivity contribution in [2.45, 2.75) is 25.0 Å². The molecule has 2 heterocycles. The first-order chi connectivity index (χ1) is 8.20. The van der Waals surface area contributed by atoms with E-state index in [1.165, 1.54) is 0 Å². The molecule has 0 radical (unpaired) electrons. The number of halogens is 2. The smallest absolute Gasteiger partial charge is 0.0843 e. The molecule has 0 aromatic carbocycles. The van der Waals surface area contributed by atoms with Crippen LogP contribution in [0.1, 0.15) is 23.8 Å². The predicted molar refractivity (Wildman–Crippen MR) is 76.5 cm³/mol. The average Bonchev–Trinajstić information content (AvgIpc) is 2.91. The van der Waals surface area contributed by atoms with E-state index in [0.717, 1.165) is 39.1 Å². The van der Waals surface area contributed by atoms with Crippen molar-refractivity contribution in [3.8, 4) is 0 Å². The fourth-order valence-electron chi connectivity index (χ4n) is 1.87. The van der Waals surface area contributed by atoms with E-state index < -0.39 is 0 Å². The quantitative estimate of drug-likeness (QED) is 0.819. The molecule has 1 fully saturated rings. The molecular formula is C11H15Br2NO2S. The van der Waals surface area contributed by atoms with Gasteiger partial charge in [0.05, 0.1) is 22.5 Å². The van der Waals surface area contributed by atoms with Crippen LogP contribution in [-0.2, 0) is 4.74 Å². The summed E-state index contributed by atoms with van der Waals surface area (Å²) in [5, 5.41) is 12.8. The number of ether oxygens (including phenoxy) is 1. The Hall–Kier alpha value is 0.540. The van der Waals surface area contributed by atoms with Crippen LogP contribution in [0.3, 0.4) is 0 Å². The van der Waals surface area contributed by atoms with Crippen LogP contribution in [0.25, 0.3) is 0 Å². The lowest BCUT2D eigenvalue weighted by Crippen LogP contribution is -2.31. The van der Waals surface area contributed by atoms with Crippen molar-refractivity contribution in [3.05, 3.63) is 19.2 Å². The fraction of sp³-hybridized carbons (Fsp3) is 0.636. The second kappa shape index (κ2) is 6.63. The van der Waals surface area contributed by atoms with E-state index in [-0.39, 0.29) is 12.6 Å². The summed E-state index contributed by atoms with van der Waals surface area (Å²) in [4.78, 5) is 1.13. The SMILES string of the molecule is OCC(NCC1CCCO1)c1cc(Br)c(Br)s1. The minimum absolute atomic E-state index is 0.00759. The Bertz CT molecular complexity index is 347. The molecule has 2 N–H and O–H groups in total. The van der Waals surface area contributed by atoms with Crippen LogP contribution in [0.4, 0.5) is 0 Å². The summed E-state index contributed by atoms with van der Waals surface area (Å²) in [6.07, 6.45) is 2.56. The lowest BCUT2D eigenvalue weighted by molar-refractivity contribution is 0.104. The maximum absolute atomic E-state index is 9.43. The number of nitrogens with one attached hydrogen (secondary N) is 1. The second-order valence-corrected chi connectivity index (χ2v) is 7.30. The topological polar surface area (TPSA) is 41.5 Å². The molecule has 0 aliphatic carbocycles. The second-order valence-electron chi connectivity index (χ2n) is 4.05. The molecule has 0 saturated carbocycles. The zero-order valence-corrected chi connectivity index (χ0v) is 13.3. The van der Waals surface area contributed by atoms with Crippen molar-refractivity contribution in [3.63, 3.8) is 0 Å². The lowest BCUT2D eigenvalue weighted by Gasteiger charge is -2.17. The minimum Gasteiger partial charge on any atom is -0.394 e. The summed E-state index contributed by atoms with van der Waals surface area (Å²) < 4.78 is 7.65. The summed E-state index contributed by atoms with van der Waals surface area (Å²) >= 11 is 8.56. The Morgan fingerprint density at radius 3 is 2.94 bits per heavy atom. The third-order valence-electron chi connectivity index (χ3n) is 2.81. The van der Waals surface area contributed by atoms with Crippen molar-refractivity contribution in [2.24, 2.45) is 0 Å². The molecule has 96 valence electrons. The van der Waals surface area contributed by atoms with Gasteiger partial charge in [-0.05, 0) is 50.8 Å². The van der Waals surface area contributed by atoms with Crippen LogP contribution >= 0.6 is 43.2 Å². The summed E-state index contributed by atoms with van der Waals surface area (Å²) in [6.45, 7) is 1.77. The summed E-state index contributed by atoms with van der Waals surface area (Å²) in [5.41, 5.74) is 0. The zero-order valence-electron chi connectivity index (χ0n) is 9.29. The fourth-order valence-corrected chi connectivity index (χ4v) is 4.03. The van der Waals surface area contributed by atoms with Gasteiger partial charge < -0.3 is 15.2 Å². The van der Waals surface area contributed by atoms with E-state index in [0.29, 0.717) is 6.10 Å². The van der Waals surface area contributed by atoms with Crippen molar-refractivity contribution in [2.75, 3.05) is 19.8 Å². The Balaban J connectivity index is 1.91. The molecule has 0 bridgehead atoms. The highest BCUT2D eigenvalue weighted by molar-refractivity contribution is 9.13. The first kappa shape index (κ1) is 14.0.